The number of halogens is 2. The lowest BCUT2D eigenvalue weighted by molar-refractivity contribution is 0.233. The zero-order valence-electron chi connectivity index (χ0n) is 12.7. The van der Waals surface area contributed by atoms with Crippen LogP contribution in [-0.2, 0) is 0 Å². The summed E-state index contributed by atoms with van der Waals surface area (Å²) in [7, 11) is 0. The van der Waals surface area contributed by atoms with E-state index in [1.54, 1.807) is 6.07 Å². The normalized spacial score (nSPS) is 24.0. The monoisotopic (exact) mass is 298 g/mol. The Hall–Kier alpha value is -0.800. The summed E-state index contributed by atoms with van der Waals surface area (Å²) in [5.74, 6) is -0.356. The molecule has 2 atom stereocenters. The number of anilines is 1. The van der Waals surface area contributed by atoms with Crippen molar-refractivity contribution in [1.29, 1.82) is 0 Å². The van der Waals surface area contributed by atoms with Gasteiger partial charge in [0, 0.05) is 30.9 Å². The van der Waals surface area contributed by atoms with Gasteiger partial charge in [0.1, 0.15) is 5.82 Å². The fourth-order valence-corrected chi connectivity index (χ4v) is 2.90. The zero-order valence-corrected chi connectivity index (χ0v) is 13.5. The average molecular weight is 299 g/mol. The molecule has 1 fully saturated rings. The minimum atomic E-state index is -0.356. The fourth-order valence-electron chi connectivity index (χ4n) is 2.72. The van der Waals surface area contributed by atoms with Crippen LogP contribution in [0.2, 0.25) is 5.02 Å². The Morgan fingerprint density at radius 2 is 2.10 bits per heavy atom. The lowest BCUT2D eigenvalue weighted by Crippen LogP contribution is -2.60. The second-order valence-electron chi connectivity index (χ2n) is 6.64. The summed E-state index contributed by atoms with van der Waals surface area (Å²) in [6, 6.07) is 5.86. The van der Waals surface area contributed by atoms with Crippen molar-refractivity contribution in [2.75, 3.05) is 18.0 Å². The molecular weight excluding hydrogens is 275 g/mol. The number of nitrogens with one attached hydrogen (secondary N) is 1. The summed E-state index contributed by atoms with van der Waals surface area (Å²) >= 11 is 5.93. The van der Waals surface area contributed by atoms with Crippen LogP contribution in [-0.4, -0.2) is 25.2 Å². The molecule has 0 bridgehead atoms. The maximum atomic E-state index is 13.3. The van der Waals surface area contributed by atoms with Crippen molar-refractivity contribution >= 4 is 17.3 Å². The summed E-state index contributed by atoms with van der Waals surface area (Å²) in [5, 5.41) is 3.83. The predicted octanol–water partition coefficient (Wildman–Crippen LogP) is 4.08. The van der Waals surface area contributed by atoms with Crippen LogP contribution in [0.5, 0.6) is 0 Å². The summed E-state index contributed by atoms with van der Waals surface area (Å²) in [5.41, 5.74) is 1.21. The van der Waals surface area contributed by atoms with Crippen molar-refractivity contribution in [3.05, 3.63) is 29.0 Å². The molecule has 1 aliphatic rings. The standard InChI is InChI=1S/C16H24ClFN2/c1-5-11-9-19-15(16(2,3)4)10-20(11)12-6-7-14(18)13(17)8-12/h6-8,11,15,19H,5,9-10H2,1-4H3. The minimum Gasteiger partial charge on any atom is -0.366 e. The fraction of sp³-hybridized carbons (Fsp3) is 0.625. The Bertz CT molecular complexity index is 470. The Kier molecular flexibility index (Phi) is 4.60. The Labute approximate surface area is 126 Å². The molecule has 0 amide bonds. The molecule has 20 heavy (non-hydrogen) atoms. The molecule has 1 saturated heterocycles. The first kappa shape index (κ1) is 15.6. The molecule has 1 aromatic carbocycles. The molecule has 1 aromatic rings. The van der Waals surface area contributed by atoms with Crippen LogP contribution < -0.4 is 10.2 Å². The zero-order chi connectivity index (χ0) is 14.9. The third-order valence-corrected chi connectivity index (χ3v) is 4.46. The molecular formula is C16H24ClFN2. The van der Waals surface area contributed by atoms with Crippen molar-refractivity contribution in [3.63, 3.8) is 0 Å². The molecule has 0 saturated carbocycles. The summed E-state index contributed by atoms with van der Waals surface area (Å²) in [6.45, 7) is 10.8. The van der Waals surface area contributed by atoms with Crippen LogP contribution in [0.4, 0.5) is 10.1 Å². The number of piperazine rings is 1. The highest BCUT2D eigenvalue weighted by Gasteiger charge is 2.33. The van der Waals surface area contributed by atoms with E-state index in [2.05, 4.69) is 37.9 Å². The lowest BCUT2D eigenvalue weighted by Gasteiger charge is -2.46. The lowest BCUT2D eigenvalue weighted by atomic mass is 9.84. The molecule has 0 spiro atoms. The van der Waals surface area contributed by atoms with E-state index in [1.165, 1.54) is 6.07 Å². The highest BCUT2D eigenvalue weighted by molar-refractivity contribution is 6.31. The molecule has 0 aliphatic carbocycles. The molecule has 1 aliphatic heterocycles. The second-order valence-corrected chi connectivity index (χ2v) is 7.05. The van der Waals surface area contributed by atoms with Gasteiger partial charge in [-0.15, -0.1) is 0 Å². The SMILES string of the molecule is CCC1CNC(C(C)(C)C)CN1c1ccc(F)c(Cl)c1. The third-order valence-electron chi connectivity index (χ3n) is 4.17. The molecule has 4 heteroatoms. The first-order valence-corrected chi connectivity index (χ1v) is 7.65. The summed E-state index contributed by atoms with van der Waals surface area (Å²) in [4.78, 5) is 2.36. The van der Waals surface area contributed by atoms with Gasteiger partial charge < -0.3 is 10.2 Å². The number of rotatable bonds is 2. The van der Waals surface area contributed by atoms with Crippen LogP contribution >= 0.6 is 11.6 Å². The molecule has 0 aromatic heterocycles. The van der Waals surface area contributed by atoms with Crippen molar-refractivity contribution in [2.45, 2.75) is 46.2 Å². The molecule has 2 unspecified atom stereocenters. The summed E-state index contributed by atoms with van der Waals surface area (Å²) < 4.78 is 13.3. The van der Waals surface area contributed by atoms with Gasteiger partial charge >= 0.3 is 0 Å². The van der Waals surface area contributed by atoms with Crippen LogP contribution in [0.3, 0.4) is 0 Å². The van der Waals surface area contributed by atoms with E-state index >= 15 is 0 Å². The first-order valence-electron chi connectivity index (χ1n) is 7.28. The first-order chi connectivity index (χ1) is 9.32. The maximum absolute atomic E-state index is 13.3. The van der Waals surface area contributed by atoms with Crippen LogP contribution in [0, 0.1) is 11.2 Å². The van der Waals surface area contributed by atoms with Crippen LogP contribution in [0.15, 0.2) is 18.2 Å². The van der Waals surface area contributed by atoms with Gasteiger partial charge in [-0.1, -0.05) is 39.3 Å². The van der Waals surface area contributed by atoms with Crippen molar-refractivity contribution in [2.24, 2.45) is 5.41 Å². The minimum absolute atomic E-state index is 0.195. The molecule has 1 N–H and O–H groups in total. The molecule has 1 heterocycles. The number of hydrogen-bond acceptors (Lipinski definition) is 2. The largest absolute Gasteiger partial charge is 0.366 e. The van der Waals surface area contributed by atoms with Gasteiger partial charge in [0.15, 0.2) is 0 Å². The smallest absolute Gasteiger partial charge is 0.141 e. The van der Waals surface area contributed by atoms with Crippen LogP contribution in [0.1, 0.15) is 34.1 Å². The van der Waals surface area contributed by atoms with E-state index in [1.807, 2.05) is 6.07 Å². The van der Waals surface area contributed by atoms with Gasteiger partial charge in [0.05, 0.1) is 5.02 Å². The molecule has 2 nitrogen and oxygen atoms in total. The number of nitrogens with zero attached hydrogens (tertiary/aromatic N) is 1. The van der Waals surface area contributed by atoms with Gasteiger partial charge in [0.2, 0.25) is 0 Å². The van der Waals surface area contributed by atoms with Crippen LogP contribution in [0.25, 0.3) is 0 Å². The van der Waals surface area contributed by atoms with Gasteiger partial charge in [0.25, 0.3) is 0 Å². The topological polar surface area (TPSA) is 15.3 Å². The molecule has 112 valence electrons. The van der Waals surface area contributed by atoms with E-state index in [4.69, 9.17) is 11.6 Å². The molecule has 2 rings (SSSR count). The van der Waals surface area contributed by atoms with E-state index in [0.29, 0.717) is 12.1 Å². The number of benzene rings is 1. The van der Waals surface area contributed by atoms with Gasteiger partial charge in [-0.05, 0) is 30.0 Å². The van der Waals surface area contributed by atoms with Crippen molar-refractivity contribution in [3.8, 4) is 0 Å². The summed E-state index contributed by atoms with van der Waals surface area (Å²) in [6.07, 6.45) is 1.05. The van der Waals surface area contributed by atoms with Crippen molar-refractivity contribution in [1.82, 2.24) is 5.32 Å². The van der Waals surface area contributed by atoms with E-state index in [-0.39, 0.29) is 16.3 Å². The van der Waals surface area contributed by atoms with Gasteiger partial charge in [-0.3, -0.25) is 0 Å². The van der Waals surface area contributed by atoms with E-state index in [0.717, 1.165) is 25.2 Å². The average Bonchev–Trinajstić information content (AvgIpc) is 2.40. The highest BCUT2D eigenvalue weighted by Crippen LogP contribution is 2.30. The quantitative estimate of drug-likeness (QED) is 0.885. The molecule has 0 radical (unpaired) electrons. The predicted molar refractivity (Wildman–Crippen MR) is 84.1 cm³/mol. The maximum Gasteiger partial charge on any atom is 0.141 e. The van der Waals surface area contributed by atoms with Gasteiger partial charge in [-0.2, -0.15) is 0 Å². The second kappa shape index (κ2) is 5.90. The van der Waals surface area contributed by atoms with Crippen molar-refractivity contribution < 1.29 is 4.39 Å². The highest BCUT2D eigenvalue weighted by atomic mass is 35.5. The van der Waals surface area contributed by atoms with E-state index in [9.17, 15) is 4.39 Å². The van der Waals surface area contributed by atoms with E-state index < -0.39 is 0 Å². The number of hydrogen-bond donors (Lipinski definition) is 1. The Balaban J connectivity index is 2.27. The van der Waals surface area contributed by atoms with Gasteiger partial charge in [-0.25, -0.2) is 4.39 Å². The third kappa shape index (κ3) is 3.26. The Morgan fingerprint density at radius 3 is 2.65 bits per heavy atom. The Morgan fingerprint density at radius 1 is 1.40 bits per heavy atom.